The molecule has 1 aromatic rings. The van der Waals surface area contributed by atoms with Crippen molar-refractivity contribution >= 4 is 11.6 Å². The van der Waals surface area contributed by atoms with Crippen molar-refractivity contribution in [2.24, 2.45) is 0 Å². The molecule has 0 unspecified atom stereocenters. The lowest BCUT2D eigenvalue weighted by Crippen LogP contribution is -2.48. The third-order valence-electron chi connectivity index (χ3n) is 5.59. The number of morpholine rings is 1. The van der Waals surface area contributed by atoms with Crippen LogP contribution >= 0.6 is 0 Å². The van der Waals surface area contributed by atoms with Gasteiger partial charge in [-0.25, -0.2) is 9.97 Å². The van der Waals surface area contributed by atoms with Crippen LogP contribution in [0, 0.1) is 0 Å². The summed E-state index contributed by atoms with van der Waals surface area (Å²) in [4.78, 5) is 16.5. The van der Waals surface area contributed by atoms with Gasteiger partial charge < -0.3 is 14.5 Å². The monoisotopic (exact) mass is 317 g/mol. The van der Waals surface area contributed by atoms with Crippen LogP contribution in [0.15, 0.2) is 12.4 Å². The van der Waals surface area contributed by atoms with Gasteiger partial charge in [0, 0.05) is 50.9 Å². The van der Waals surface area contributed by atoms with Gasteiger partial charge in [-0.2, -0.15) is 0 Å². The Kier molecular flexibility index (Phi) is 4.35. The number of hydrogen-bond donors (Lipinski definition) is 0. The first-order valence-corrected chi connectivity index (χ1v) is 8.98. The van der Waals surface area contributed by atoms with E-state index in [1.807, 2.05) is 0 Å². The molecule has 3 aliphatic rings. The second-order valence-corrected chi connectivity index (χ2v) is 6.87. The zero-order valence-electron chi connectivity index (χ0n) is 14.0. The molecule has 6 nitrogen and oxygen atoms in total. The lowest BCUT2D eigenvalue weighted by Gasteiger charge is -2.36. The highest BCUT2D eigenvalue weighted by molar-refractivity contribution is 5.52. The molecule has 4 rings (SSSR count). The maximum Gasteiger partial charge on any atom is 0.134 e. The molecular formula is C17H27N5O. The maximum atomic E-state index is 5.50. The summed E-state index contributed by atoms with van der Waals surface area (Å²) in [6.45, 7) is 9.54. The van der Waals surface area contributed by atoms with Crippen LogP contribution in [0.1, 0.15) is 26.2 Å². The highest BCUT2D eigenvalue weighted by Crippen LogP contribution is 2.29. The Labute approximate surface area is 138 Å². The molecule has 1 aromatic heterocycles. The molecule has 126 valence electrons. The Bertz CT molecular complexity index is 527. The molecule has 4 heterocycles. The highest BCUT2D eigenvalue weighted by Gasteiger charge is 2.36. The Balaban J connectivity index is 1.48. The molecule has 0 spiro atoms. The van der Waals surface area contributed by atoms with Gasteiger partial charge in [-0.15, -0.1) is 0 Å². The summed E-state index contributed by atoms with van der Waals surface area (Å²) in [7, 11) is 0. The molecule has 2 atom stereocenters. The van der Waals surface area contributed by atoms with Gasteiger partial charge in [-0.1, -0.05) is 0 Å². The standard InChI is InChI=1S/C17H27N5O/c1-14-15(20-8-10-23-11-9-20)4-7-22(14)17-12-16(18-13-19-17)21-5-2-3-6-21/h12-15H,2-11H2,1H3/t14-,15-/m1/s1. The Hall–Kier alpha value is -1.40. The molecule has 0 amide bonds. The van der Waals surface area contributed by atoms with Crippen molar-refractivity contribution in [3.05, 3.63) is 12.4 Å². The molecular weight excluding hydrogens is 290 g/mol. The van der Waals surface area contributed by atoms with E-state index in [0.29, 0.717) is 12.1 Å². The van der Waals surface area contributed by atoms with Crippen molar-refractivity contribution in [1.29, 1.82) is 0 Å². The normalized spacial score (nSPS) is 29.4. The van der Waals surface area contributed by atoms with E-state index in [1.165, 1.54) is 19.3 Å². The largest absolute Gasteiger partial charge is 0.379 e. The van der Waals surface area contributed by atoms with Crippen LogP contribution in [0.4, 0.5) is 11.6 Å². The third kappa shape index (κ3) is 3.02. The van der Waals surface area contributed by atoms with Crippen molar-refractivity contribution in [3.8, 4) is 0 Å². The first kappa shape index (κ1) is 15.1. The second kappa shape index (κ2) is 6.61. The van der Waals surface area contributed by atoms with E-state index < -0.39 is 0 Å². The minimum atomic E-state index is 0.495. The molecule has 0 aliphatic carbocycles. The molecule has 0 radical (unpaired) electrons. The fourth-order valence-corrected chi connectivity index (χ4v) is 4.26. The van der Waals surface area contributed by atoms with Crippen molar-refractivity contribution in [2.75, 3.05) is 55.7 Å². The zero-order chi connectivity index (χ0) is 15.6. The topological polar surface area (TPSA) is 44.7 Å². The van der Waals surface area contributed by atoms with Crippen LogP contribution in [-0.2, 0) is 4.74 Å². The summed E-state index contributed by atoms with van der Waals surface area (Å²) in [6.07, 6.45) is 5.50. The van der Waals surface area contributed by atoms with Crippen molar-refractivity contribution < 1.29 is 4.74 Å². The summed E-state index contributed by atoms with van der Waals surface area (Å²) in [5, 5.41) is 0. The van der Waals surface area contributed by atoms with Crippen LogP contribution in [0.25, 0.3) is 0 Å². The number of hydrogen-bond acceptors (Lipinski definition) is 6. The molecule has 0 N–H and O–H groups in total. The van der Waals surface area contributed by atoms with Gasteiger partial charge in [0.1, 0.15) is 18.0 Å². The van der Waals surface area contributed by atoms with Gasteiger partial charge in [0.05, 0.1) is 13.2 Å². The van der Waals surface area contributed by atoms with Crippen LogP contribution < -0.4 is 9.80 Å². The molecule has 6 heteroatoms. The summed E-state index contributed by atoms with van der Waals surface area (Å²) >= 11 is 0. The van der Waals surface area contributed by atoms with Gasteiger partial charge in [0.25, 0.3) is 0 Å². The molecule has 3 fully saturated rings. The fraction of sp³-hybridized carbons (Fsp3) is 0.765. The van der Waals surface area contributed by atoms with E-state index in [9.17, 15) is 0 Å². The van der Waals surface area contributed by atoms with E-state index >= 15 is 0 Å². The molecule has 3 saturated heterocycles. The van der Waals surface area contributed by atoms with Gasteiger partial charge >= 0.3 is 0 Å². The maximum absolute atomic E-state index is 5.50. The number of ether oxygens (including phenoxy) is 1. The number of aromatic nitrogens is 2. The lowest BCUT2D eigenvalue weighted by molar-refractivity contribution is 0.0159. The summed E-state index contributed by atoms with van der Waals surface area (Å²) in [5.41, 5.74) is 0. The predicted octanol–water partition coefficient (Wildman–Crippen LogP) is 1.38. The van der Waals surface area contributed by atoms with Crippen LogP contribution in [0.5, 0.6) is 0 Å². The number of anilines is 2. The van der Waals surface area contributed by atoms with Crippen LogP contribution in [0.2, 0.25) is 0 Å². The number of rotatable bonds is 3. The Morgan fingerprint density at radius 1 is 1.00 bits per heavy atom. The SMILES string of the molecule is C[C@@H]1[C@H](N2CCOCC2)CCN1c1cc(N2CCCC2)ncn1. The van der Waals surface area contributed by atoms with Gasteiger partial charge in [-0.3, -0.25) is 4.90 Å². The average Bonchev–Trinajstić information content (AvgIpc) is 3.26. The van der Waals surface area contributed by atoms with Crippen LogP contribution in [0.3, 0.4) is 0 Å². The zero-order valence-corrected chi connectivity index (χ0v) is 14.0. The van der Waals surface area contributed by atoms with E-state index in [1.54, 1.807) is 6.33 Å². The minimum Gasteiger partial charge on any atom is -0.379 e. The predicted molar refractivity (Wildman–Crippen MR) is 91.1 cm³/mol. The van der Waals surface area contributed by atoms with Gasteiger partial charge in [0.15, 0.2) is 0 Å². The van der Waals surface area contributed by atoms with Crippen molar-refractivity contribution in [3.63, 3.8) is 0 Å². The van der Waals surface area contributed by atoms with Gasteiger partial charge in [-0.05, 0) is 26.2 Å². The molecule has 23 heavy (non-hydrogen) atoms. The van der Waals surface area contributed by atoms with E-state index in [2.05, 4.69) is 37.7 Å². The molecule has 0 bridgehead atoms. The van der Waals surface area contributed by atoms with Gasteiger partial charge in [0.2, 0.25) is 0 Å². The minimum absolute atomic E-state index is 0.495. The summed E-state index contributed by atoms with van der Waals surface area (Å²) in [5.74, 6) is 2.18. The first-order chi connectivity index (χ1) is 11.3. The molecule has 3 aliphatic heterocycles. The average molecular weight is 317 g/mol. The first-order valence-electron chi connectivity index (χ1n) is 8.98. The number of nitrogens with zero attached hydrogens (tertiary/aromatic N) is 5. The Morgan fingerprint density at radius 2 is 1.74 bits per heavy atom. The van der Waals surface area contributed by atoms with Crippen LogP contribution in [-0.4, -0.2) is 72.9 Å². The van der Waals surface area contributed by atoms with Crippen molar-refractivity contribution in [1.82, 2.24) is 14.9 Å². The van der Waals surface area contributed by atoms with E-state index in [0.717, 1.165) is 57.6 Å². The molecule has 0 aromatic carbocycles. The summed E-state index contributed by atoms with van der Waals surface area (Å²) < 4.78 is 5.50. The van der Waals surface area contributed by atoms with Crippen molar-refractivity contribution in [2.45, 2.75) is 38.3 Å². The second-order valence-electron chi connectivity index (χ2n) is 6.87. The summed E-state index contributed by atoms with van der Waals surface area (Å²) in [6, 6.07) is 3.29. The van der Waals surface area contributed by atoms with E-state index in [-0.39, 0.29) is 0 Å². The Morgan fingerprint density at radius 3 is 2.52 bits per heavy atom. The lowest BCUT2D eigenvalue weighted by atomic mass is 10.1. The fourth-order valence-electron chi connectivity index (χ4n) is 4.26. The highest BCUT2D eigenvalue weighted by atomic mass is 16.5. The molecule has 0 saturated carbocycles. The third-order valence-corrected chi connectivity index (χ3v) is 5.59. The van der Waals surface area contributed by atoms with E-state index in [4.69, 9.17) is 4.74 Å². The smallest absolute Gasteiger partial charge is 0.134 e. The quantitative estimate of drug-likeness (QED) is 0.839.